The predicted octanol–water partition coefficient (Wildman–Crippen LogP) is 1.46. The van der Waals surface area contributed by atoms with Crippen LogP contribution in [0.2, 0.25) is 0 Å². The molecule has 116 valence electrons. The molecule has 2 fully saturated rings. The molecule has 2 aliphatic heterocycles. The Morgan fingerprint density at radius 3 is 2.76 bits per heavy atom. The van der Waals surface area contributed by atoms with E-state index in [0.29, 0.717) is 23.8 Å². The van der Waals surface area contributed by atoms with Crippen molar-refractivity contribution in [3.63, 3.8) is 0 Å². The van der Waals surface area contributed by atoms with Crippen LogP contribution in [0.4, 0.5) is 5.82 Å². The summed E-state index contributed by atoms with van der Waals surface area (Å²) in [5.41, 5.74) is 0. The highest BCUT2D eigenvalue weighted by atomic mass is 32.2. The van der Waals surface area contributed by atoms with Gasteiger partial charge in [-0.2, -0.15) is 4.31 Å². The smallest absolute Gasteiger partial charge is 0.243 e. The third-order valence-electron chi connectivity index (χ3n) is 3.94. The predicted molar refractivity (Wildman–Crippen MR) is 79.7 cm³/mol. The molecule has 0 saturated carbocycles. The van der Waals surface area contributed by atoms with E-state index < -0.39 is 10.0 Å². The molecule has 0 aromatic carbocycles. The summed E-state index contributed by atoms with van der Waals surface area (Å²) in [5.74, 6) is 0.606. The number of rotatable bonds is 5. The van der Waals surface area contributed by atoms with Crippen LogP contribution in [-0.4, -0.2) is 49.5 Å². The number of morpholine rings is 1. The number of hydrogen-bond donors (Lipinski definition) is 1. The van der Waals surface area contributed by atoms with Gasteiger partial charge >= 0.3 is 0 Å². The number of nitrogens with zero attached hydrogens (tertiary/aromatic N) is 2. The molecule has 2 unspecified atom stereocenters. The summed E-state index contributed by atoms with van der Waals surface area (Å²) < 4.78 is 32.8. The maximum atomic E-state index is 12.7. The van der Waals surface area contributed by atoms with Gasteiger partial charge in [-0.25, -0.2) is 13.4 Å². The van der Waals surface area contributed by atoms with Gasteiger partial charge in [0.2, 0.25) is 10.0 Å². The van der Waals surface area contributed by atoms with Gasteiger partial charge in [0.25, 0.3) is 0 Å². The van der Waals surface area contributed by atoms with Crippen LogP contribution in [0.3, 0.4) is 0 Å². The standard InChI is InChI=1S/C14H21N3O3S/c1-2-6-15-14-8-13(5-7-16-14)21(18,19)17-9-11-3-4-12(10-17)20-11/h5,7-8,11-12H,2-4,6,9-10H2,1H3,(H,15,16). The highest BCUT2D eigenvalue weighted by Gasteiger charge is 2.39. The van der Waals surface area contributed by atoms with Gasteiger partial charge in [-0.05, 0) is 25.3 Å². The van der Waals surface area contributed by atoms with E-state index in [1.165, 1.54) is 0 Å². The molecule has 0 radical (unpaired) electrons. The highest BCUT2D eigenvalue weighted by molar-refractivity contribution is 7.89. The normalized spacial score (nSPS) is 26.0. The number of pyridine rings is 1. The first kappa shape index (κ1) is 14.7. The summed E-state index contributed by atoms with van der Waals surface area (Å²) in [6, 6.07) is 3.17. The number of anilines is 1. The lowest BCUT2D eigenvalue weighted by molar-refractivity contribution is -0.0114. The molecular weight excluding hydrogens is 290 g/mol. The first-order valence-corrected chi connectivity index (χ1v) is 8.89. The summed E-state index contributed by atoms with van der Waals surface area (Å²) in [6.07, 6.45) is 4.52. The minimum Gasteiger partial charge on any atom is -0.372 e. The van der Waals surface area contributed by atoms with Crippen LogP contribution in [0.25, 0.3) is 0 Å². The molecule has 2 aliphatic rings. The Hall–Kier alpha value is -1.18. The summed E-state index contributed by atoms with van der Waals surface area (Å²) in [4.78, 5) is 4.46. The fourth-order valence-electron chi connectivity index (χ4n) is 2.84. The van der Waals surface area contributed by atoms with E-state index in [1.54, 1.807) is 22.6 Å². The van der Waals surface area contributed by atoms with Crippen molar-refractivity contribution in [2.24, 2.45) is 0 Å². The van der Waals surface area contributed by atoms with Crippen molar-refractivity contribution in [3.8, 4) is 0 Å². The van der Waals surface area contributed by atoms with E-state index >= 15 is 0 Å². The van der Waals surface area contributed by atoms with E-state index in [-0.39, 0.29) is 12.2 Å². The Labute approximate surface area is 125 Å². The van der Waals surface area contributed by atoms with Gasteiger partial charge in [-0.15, -0.1) is 0 Å². The molecule has 1 aromatic heterocycles. The quantitative estimate of drug-likeness (QED) is 0.891. The van der Waals surface area contributed by atoms with Gasteiger partial charge in [0.15, 0.2) is 0 Å². The lowest BCUT2D eigenvalue weighted by atomic mass is 10.2. The number of nitrogens with one attached hydrogen (secondary N) is 1. The topological polar surface area (TPSA) is 71.5 Å². The van der Waals surface area contributed by atoms with Crippen molar-refractivity contribution in [1.29, 1.82) is 0 Å². The van der Waals surface area contributed by atoms with Crippen LogP contribution >= 0.6 is 0 Å². The zero-order chi connectivity index (χ0) is 14.9. The van der Waals surface area contributed by atoms with Crippen molar-refractivity contribution < 1.29 is 13.2 Å². The second-order valence-electron chi connectivity index (χ2n) is 5.58. The third-order valence-corrected chi connectivity index (χ3v) is 5.76. The van der Waals surface area contributed by atoms with Gasteiger partial charge < -0.3 is 10.1 Å². The lowest BCUT2D eigenvalue weighted by Gasteiger charge is -2.31. The van der Waals surface area contributed by atoms with Crippen LogP contribution in [-0.2, 0) is 14.8 Å². The zero-order valence-corrected chi connectivity index (χ0v) is 13.0. The van der Waals surface area contributed by atoms with Crippen molar-refractivity contribution in [2.45, 2.75) is 43.3 Å². The number of aromatic nitrogens is 1. The second kappa shape index (κ2) is 5.90. The Kier molecular flexibility index (Phi) is 4.14. The molecule has 0 aliphatic carbocycles. The molecule has 6 nitrogen and oxygen atoms in total. The number of ether oxygens (including phenoxy) is 1. The average molecular weight is 311 g/mol. The molecular formula is C14H21N3O3S. The second-order valence-corrected chi connectivity index (χ2v) is 7.52. The highest BCUT2D eigenvalue weighted by Crippen LogP contribution is 2.30. The summed E-state index contributed by atoms with van der Waals surface area (Å²) >= 11 is 0. The molecule has 2 atom stereocenters. The minimum absolute atomic E-state index is 0.0537. The van der Waals surface area contributed by atoms with E-state index in [4.69, 9.17) is 4.74 Å². The van der Waals surface area contributed by atoms with Gasteiger partial charge in [0, 0.05) is 31.9 Å². The third kappa shape index (κ3) is 3.04. The maximum Gasteiger partial charge on any atom is 0.243 e. The molecule has 0 spiro atoms. The van der Waals surface area contributed by atoms with Crippen molar-refractivity contribution in [1.82, 2.24) is 9.29 Å². The molecule has 1 N–H and O–H groups in total. The molecule has 0 amide bonds. The molecule has 3 heterocycles. The lowest BCUT2D eigenvalue weighted by Crippen LogP contribution is -2.45. The van der Waals surface area contributed by atoms with Crippen LogP contribution in [0.1, 0.15) is 26.2 Å². The zero-order valence-electron chi connectivity index (χ0n) is 12.2. The van der Waals surface area contributed by atoms with E-state index in [9.17, 15) is 8.42 Å². The summed E-state index contributed by atoms with van der Waals surface area (Å²) in [6.45, 7) is 3.74. The minimum atomic E-state index is -3.46. The Bertz CT molecular complexity index is 593. The van der Waals surface area contributed by atoms with Gasteiger partial charge in [0.05, 0.1) is 17.1 Å². The van der Waals surface area contributed by atoms with Gasteiger partial charge in [-0.1, -0.05) is 6.92 Å². The molecule has 3 rings (SSSR count). The average Bonchev–Trinajstić information content (AvgIpc) is 2.83. The van der Waals surface area contributed by atoms with Crippen LogP contribution in [0, 0.1) is 0 Å². The largest absolute Gasteiger partial charge is 0.372 e. The fourth-order valence-corrected chi connectivity index (χ4v) is 4.36. The number of hydrogen-bond acceptors (Lipinski definition) is 5. The van der Waals surface area contributed by atoms with E-state index in [2.05, 4.69) is 17.2 Å². The van der Waals surface area contributed by atoms with Crippen molar-refractivity contribution in [2.75, 3.05) is 25.0 Å². The summed E-state index contributed by atoms with van der Waals surface area (Å²) in [7, 11) is -3.46. The van der Waals surface area contributed by atoms with Crippen LogP contribution in [0.5, 0.6) is 0 Å². The maximum absolute atomic E-state index is 12.7. The van der Waals surface area contributed by atoms with Crippen molar-refractivity contribution in [3.05, 3.63) is 18.3 Å². The Balaban J connectivity index is 1.81. The molecule has 2 saturated heterocycles. The van der Waals surface area contributed by atoms with E-state index in [0.717, 1.165) is 25.8 Å². The molecule has 7 heteroatoms. The van der Waals surface area contributed by atoms with Gasteiger partial charge in [0.1, 0.15) is 5.82 Å². The molecule has 2 bridgehead atoms. The first-order valence-electron chi connectivity index (χ1n) is 7.45. The first-order chi connectivity index (χ1) is 10.1. The molecule has 1 aromatic rings. The summed E-state index contributed by atoms with van der Waals surface area (Å²) in [5, 5.41) is 3.12. The van der Waals surface area contributed by atoms with Gasteiger partial charge in [-0.3, -0.25) is 0 Å². The fraction of sp³-hybridized carbons (Fsp3) is 0.643. The van der Waals surface area contributed by atoms with Crippen LogP contribution in [0.15, 0.2) is 23.2 Å². The Morgan fingerprint density at radius 1 is 1.38 bits per heavy atom. The number of sulfonamides is 1. The number of fused-ring (bicyclic) bond motifs is 2. The van der Waals surface area contributed by atoms with Crippen LogP contribution < -0.4 is 5.32 Å². The monoisotopic (exact) mass is 311 g/mol. The van der Waals surface area contributed by atoms with Crippen molar-refractivity contribution >= 4 is 15.8 Å². The molecule has 21 heavy (non-hydrogen) atoms. The van der Waals surface area contributed by atoms with E-state index in [1.807, 2.05) is 0 Å². The Morgan fingerprint density at radius 2 is 2.10 bits per heavy atom. The SMILES string of the molecule is CCCNc1cc(S(=O)(=O)N2CC3CCC(C2)O3)ccn1.